The summed E-state index contributed by atoms with van der Waals surface area (Å²) in [6.45, 7) is 0. The van der Waals surface area contributed by atoms with Crippen molar-refractivity contribution in [2.45, 2.75) is 0 Å². The van der Waals surface area contributed by atoms with Crippen molar-refractivity contribution in [3.8, 4) is 45.3 Å². The van der Waals surface area contributed by atoms with E-state index in [1.165, 1.54) is 30.9 Å². The lowest BCUT2D eigenvalue weighted by atomic mass is 9.92. The van der Waals surface area contributed by atoms with Crippen LogP contribution in [0.4, 0.5) is 0 Å². The maximum atomic E-state index is 6.51. The molecule has 0 fully saturated rings. The van der Waals surface area contributed by atoms with E-state index in [0.717, 1.165) is 60.5 Å². The highest BCUT2D eigenvalue weighted by Gasteiger charge is 2.24. The Morgan fingerprint density at radius 2 is 1.06 bits per heavy atom. The first-order valence-corrected chi connectivity index (χ1v) is 18.2. The second-order valence-corrected chi connectivity index (χ2v) is 14.2. The summed E-state index contributed by atoms with van der Waals surface area (Å²) < 4.78 is 9.02. The van der Waals surface area contributed by atoms with Gasteiger partial charge in [-0.1, -0.05) is 127 Å². The van der Waals surface area contributed by atoms with Gasteiger partial charge in [-0.3, -0.25) is 0 Å². The predicted molar refractivity (Wildman–Crippen MR) is 217 cm³/mol. The number of para-hydroxylation sites is 1. The minimum absolute atomic E-state index is 0.602. The molecule has 242 valence electrons. The molecule has 52 heavy (non-hydrogen) atoms. The summed E-state index contributed by atoms with van der Waals surface area (Å²) >= 11 is 1.82. The molecule has 0 N–H and O–H groups in total. The maximum absolute atomic E-state index is 6.51. The molecule has 0 unspecified atom stereocenters. The van der Waals surface area contributed by atoms with Crippen molar-refractivity contribution < 1.29 is 4.42 Å². The standard InChI is InChI=1S/C47H27N3OS/c1-2-13-28(14-3-1)45-48-46(37-27-29-15-4-5-16-30(29)31-17-6-7-18-32(31)37)50-47(49-45)44-34(25-26-39-43(44)35-19-8-10-22-38(35)51-39)33-21-12-24-41-42(33)36-20-9-11-23-40(36)52-41/h1-27H. The highest BCUT2D eigenvalue weighted by atomic mass is 32.1. The van der Waals surface area contributed by atoms with E-state index in [1.807, 2.05) is 41.7 Å². The normalized spacial score (nSPS) is 11.8. The number of aromatic nitrogens is 3. The van der Waals surface area contributed by atoms with Gasteiger partial charge in [-0.15, -0.1) is 11.3 Å². The first kappa shape index (κ1) is 29.1. The van der Waals surface area contributed by atoms with Crippen LogP contribution in [0.25, 0.3) is 109 Å². The Bertz CT molecular complexity index is 3200. The molecule has 5 heteroatoms. The van der Waals surface area contributed by atoms with Crippen LogP contribution in [0.1, 0.15) is 0 Å². The number of benzene rings is 8. The van der Waals surface area contributed by atoms with Gasteiger partial charge < -0.3 is 4.42 Å². The monoisotopic (exact) mass is 681 g/mol. The van der Waals surface area contributed by atoms with E-state index in [0.29, 0.717) is 17.5 Å². The van der Waals surface area contributed by atoms with Crippen molar-refractivity contribution in [2.24, 2.45) is 0 Å². The summed E-state index contributed by atoms with van der Waals surface area (Å²) in [5.74, 6) is 1.85. The molecule has 4 nitrogen and oxygen atoms in total. The zero-order valence-electron chi connectivity index (χ0n) is 27.7. The Labute approximate surface area is 302 Å². The summed E-state index contributed by atoms with van der Waals surface area (Å²) in [5, 5.41) is 9.09. The molecule has 0 aliphatic rings. The third kappa shape index (κ3) is 4.43. The van der Waals surface area contributed by atoms with Gasteiger partial charge in [0, 0.05) is 47.6 Å². The molecule has 8 aromatic carbocycles. The average molecular weight is 682 g/mol. The van der Waals surface area contributed by atoms with Crippen LogP contribution in [-0.2, 0) is 0 Å². The molecule has 3 heterocycles. The molecule has 0 spiro atoms. The van der Waals surface area contributed by atoms with Gasteiger partial charge in [0.15, 0.2) is 17.5 Å². The van der Waals surface area contributed by atoms with Crippen LogP contribution in [0, 0.1) is 0 Å². The predicted octanol–water partition coefficient (Wildman–Crippen LogP) is 13.1. The van der Waals surface area contributed by atoms with Gasteiger partial charge in [0.2, 0.25) is 0 Å². The minimum Gasteiger partial charge on any atom is -0.456 e. The first-order chi connectivity index (χ1) is 25.8. The minimum atomic E-state index is 0.602. The van der Waals surface area contributed by atoms with Crippen molar-refractivity contribution in [2.75, 3.05) is 0 Å². The molecule has 0 bridgehead atoms. The number of hydrogen-bond acceptors (Lipinski definition) is 5. The lowest BCUT2D eigenvalue weighted by Crippen LogP contribution is -2.02. The van der Waals surface area contributed by atoms with Crippen molar-refractivity contribution in [1.29, 1.82) is 0 Å². The summed E-state index contributed by atoms with van der Waals surface area (Å²) in [4.78, 5) is 16.0. The largest absolute Gasteiger partial charge is 0.456 e. The third-order valence-electron chi connectivity index (χ3n) is 10.1. The van der Waals surface area contributed by atoms with Gasteiger partial charge in [0.25, 0.3) is 0 Å². The van der Waals surface area contributed by atoms with Crippen LogP contribution in [0.5, 0.6) is 0 Å². The molecule has 0 atom stereocenters. The van der Waals surface area contributed by atoms with Crippen LogP contribution in [0.15, 0.2) is 168 Å². The van der Waals surface area contributed by atoms with Gasteiger partial charge in [-0.25, -0.2) is 15.0 Å². The van der Waals surface area contributed by atoms with E-state index in [1.54, 1.807) is 0 Å². The van der Waals surface area contributed by atoms with Crippen LogP contribution < -0.4 is 0 Å². The number of fused-ring (bicyclic) bond motifs is 9. The molecule has 0 saturated carbocycles. The fraction of sp³-hybridized carbons (Fsp3) is 0. The van der Waals surface area contributed by atoms with Gasteiger partial charge in [-0.05, 0) is 69.1 Å². The van der Waals surface area contributed by atoms with Crippen molar-refractivity contribution in [3.05, 3.63) is 164 Å². The Morgan fingerprint density at radius 1 is 0.385 bits per heavy atom. The van der Waals surface area contributed by atoms with Crippen LogP contribution in [0.3, 0.4) is 0 Å². The fourth-order valence-electron chi connectivity index (χ4n) is 7.84. The number of nitrogens with zero attached hydrogens (tertiary/aromatic N) is 3. The van der Waals surface area contributed by atoms with Crippen molar-refractivity contribution in [3.63, 3.8) is 0 Å². The molecule has 0 saturated heterocycles. The van der Waals surface area contributed by atoms with Gasteiger partial charge in [0.1, 0.15) is 11.2 Å². The number of furan rings is 1. The van der Waals surface area contributed by atoms with E-state index in [4.69, 9.17) is 19.4 Å². The summed E-state index contributed by atoms with van der Waals surface area (Å²) in [7, 11) is 0. The second-order valence-electron chi connectivity index (χ2n) is 13.1. The molecule has 0 aliphatic heterocycles. The Balaban J connectivity index is 1.29. The molecule has 11 rings (SSSR count). The lowest BCUT2D eigenvalue weighted by molar-refractivity contribution is 0.669. The van der Waals surface area contributed by atoms with Crippen molar-refractivity contribution >= 4 is 75.0 Å². The zero-order chi connectivity index (χ0) is 34.2. The molecular weight excluding hydrogens is 655 g/mol. The van der Waals surface area contributed by atoms with E-state index >= 15 is 0 Å². The fourth-order valence-corrected chi connectivity index (χ4v) is 8.97. The van der Waals surface area contributed by atoms with E-state index in [-0.39, 0.29) is 0 Å². The maximum Gasteiger partial charge on any atom is 0.165 e. The molecule has 3 aromatic heterocycles. The second kappa shape index (κ2) is 11.4. The third-order valence-corrected chi connectivity index (χ3v) is 11.3. The summed E-state index contributed by atoms with van der Waals surface area (Å²) in [6.07, 6.45) is 0. The zero-order valence-corrected chi connectivity index (χ0v) is 28.6. The van der Waals surface area contributed by atoms with Gasteiger partial charge in [-0.2, -0.15) is 0 Å². The number of thiophene rings is 1. The van der Waals surface area contributed by atoms with Crippen LogP contribution in [-0.4, -0.2) is 15.0 Å². The van der Waals surface area contributed by atoms with Gasteiger partial charge >= 0.3 is 0 Å². The molecule has 0 aliphatic carbocycles. The van der Waals surface area contributed by atoms with E-state index in [9.17, 15) is 0 Å². The van der Waals surface area contributed by atoms with Crippen LogP contribution in [0.2, 0.25) is 0 Å². The quantitative estimate of drug-likeness (QED) is 0.174. The topological polar surface area (TPSA) is 51.8 Å². The number of hydrogen-bond donors (Lipinski definition) is 0. The Hall–Kier alpha value is -6.69. The Morgan fingerprint density at radius 3 is 1.94 bits per heavy atom. The molecule has 0 amide bonds. The highest BCUT2D eigenvalue weighted by Crippen LogP contribution is 2.47. The molecule has 11 aromatic rings. The smallest absolute Gasteiger partial charge is 0.165 e. The number of rotatable bonds is 4. The highest BCUT2D eigenvalue weighted by molar-refractivity contribution is 7.25. The summed E-state index contributed by atoms with van der Waals surface area (Å²) in [5.41, 5.74) is 6.62. The van der Waals surface area contributed by atoms with Gasteiger partial charge in [0.05, 0.1) is 0 Å². The summed E-state index contributed by atoms with van der Waals surface area (Å²) in [6, 6.07) is 57.3. The Kier molecular flexibility index (Phi) is 6.39. The first-order valence-electron chi connectivity index (χ1n) is 17.4. The molecular formula is C47H27N3OS. The lowest BCUT2D eigenvalue weighted by Gasteiger charge is -2.15. The van der Waals surface area contributed by atoms with E-state index < -0.39 is 0 Å². The average Bonchev–Trinajstić information content (AvgIpc) is 3.79. The van der Waals surface area contributed by atoms with E-state index in [2.05, 4.69) is 133 Å². The van der Waals surface area contributed by atoms with Crippen LogP contribution >= 0.6 is 11.3 Å². The van der Waals surface area contributed by atoms with Crippen molar-refractivity contribution in [1.82, 2.24) is 15.0 Å². The SMILES string of the molecule is c1ccc(-c2nc(-c3cc4ccccc4c4ccccc34)nc(-c3c(-c4cccc5sc6ccccc6c45)ccc4oc5ccccc5c34)n2)cc1. The molecule has 0 radical (unpaired) electrons.